The maximum atomic E-state index is 13.6. The van der Waals surface area contributed by atoms with E-state index in [0.29, 0.717) is 17.8 Å². The van der Waals surface area contributed by atoms with Crippen LogP contribution in [0.5, 0.6) is 5.75 Å². The molecule has 7 nitrogen and oxygen atoms in total. The first-order valence-electron chi connectivity index (χ1n) is 7.65. The number of rotatable bonds is 4. The minimum atomic E-state index is -0.769. The average Bonchev–Trinajstić information content (AvgIpc) is 3.28. The average molecular weight is 340 g/mol. The van der Waals surface area contributed by atoms with Gasteiger partial charge in [-0.3, -0.25) is 9.78 Å². The molecular formula is C17H13FN4O3. The van der Waals surface area contributed by atoms with Crippen molar-refractivity contribution < 1.29 is 18.4 Å². The first kappa shape index (κ1) is 15.3. The van der Waals surface area contributed by atoms with E-state index < -0.39 is 11.9 Å². The van der Waals surface area contributed by atoms with Gasteiger partial charge in [0.05, 0.1) is 6.54 Å². The molecule has 4 rings (SSSR count). The summed E-state index contributed by atoms with van der Waals surface area (Å²) in [7, 11) is 0. The van der Waals surface area contributed by atoms with Crippen LogP contribution in [-0.2, 0) is 17.8 Å². The standard InChI is InChI=1S/C17H13FN4O3/c18-12-3-1-2-11-8-13(24-15(11)12)17(23)20-9-14-21-16(22-25-14)10-4-6-19-7-5-10/h1-7,13H,8-9H2,(H,20,23)/t13-/m1/s1. The van der Waals surface area contributed by atoms with Gasteiger partial charge in [-0.25, -0.2) is 4.39 Å². The smallest absolute Gasteiger partial charge is 0.261 e. The molecule has 126 valence electrons. The second kappa shape index (κ2) is 6.31. The number of benzene rings is 1. The highest BCUT2D eigenvalue weighted by molar-refractivity contribution is 5.82. The Labute approximate surface area is 141 Å². The Kier molecular flexibility index (Phi) is 3.85. The number of amides is 1. The van der Waals surface area contributed by atoms with E-state index in [4.69, 9.17) is 9.26 Å². The Hall–Kier alpha value is -3.29. The minimum absolute atomic E-state index is 0.0651. The van der Waals surface area contributed by atoms with Crippen molar-refractivity contribution in [1.29, 1.82) is 0 Å². The van der Waals surface area contributed by atoms with E-state index >= 15 is 0 Å². The van der Waals surface area contributed by atoms with Crippen LogP contribution in [-0.4, -0.2) is 27.1 Å². The summed E-state index contributed by atoms with van der Waals surface area (Å²) >= 11 is 0. The number of nitrogens with zero attached hydrogens (tertiary/aromatic N) is 3. The lowest BCUT2D eigenvalue weighted by Crippen LogP contribution is -2.37. The molecule has 0 spiro atoms. The van der Waals surface area contributed by atoms with Gasteiger partial charge >= 0.3 is 0 Å². The van der Waals surface area contributed by atoms with Crippen molar-refractivity contribution in [3.05, 3.63) is 60.0 Å². The third-order valence-corrected chi connectivity index (χ3v) is 3.83. The van der Waals surface area contributed by atoms with Crippen LogP contribution in [0.4, 0.5) is 4.39 Å². The van der Waals surface area contributed by atoms with Gasteiger partial charge < -0.3 is 14.6 Å². The van der Waals surface area contributed by atoms with E-state index in [-0.39, 0.29) is 24.1 Å². The molecule has 8 heteroatoms. The summed E-state index contributed by atoms with van der Waals surface area (Å²) in [5, 5.41) is 6.52. The highest BCUT2D eigenvalue weighted by Gasteiger charge is 2.31. The minimum Gasteiger partial charge on any atom is -0.477 e. The molecule has 0 bridgehead atoms. The molecule has 3 heterocycles. The van der Waals surface area contributed by atoms with Gasteiger partial charge in [-0.05, 0) is 18.2 Å². The maximum absolute atomic E-state index is 13.6. The van der Waals surface area contributed by atoms with Crippen LogP contribution < -0.4 is 10.1 Å². The normalized spacial score (nSPS) is 15.5. The first-order chi connectivity index (χ1) is 12.2. The van der Waals surface area contributed by atoms with Crippen molar-refractivity contribution in [1.82, 2.24) is 20.4 Å². The Bertz CT molecular complexity index is 913. The van der Waals surface area contributed by atoms with Crippen molar-refractivity contribution in [3.8, 4) is 17.1 Å². The molecule has 1 amide bonds. The van der Waals surface area contributed by atoms with E-state index in [9.17, 15) is 9.18 Å². The molecule has 0 fully saturated rings. The Morgan fingerprint density at radius 2 is 2.12 bits per heavy atom. The predicted molar refractivity (Wildman–Crippen MR) is 83.9 cm³/mol. The lowest BCUT2D eigenvalue weighted by atomic mass is 10.1. The SMILES string of the molecule is O=C(NCc1nc(-c2ccncc2)no1)[C@H]1Cc2cccc(F)c2O1. The van der Waals surface area contributed by atoms with E-state index in [1.807, 2.05) is 0 Å². The number of pyridine rings is 1. The molecule has 25 heavy (non-hydrogen) atoms. The van der Waals surface area contributed by atoms with Crippen molar-refractivity contribution in [2.75, 3.05) is 0 Å². The lowest BCUT2D eigenvalue weighted by molar-refractivity contribution is -0.127. The van der Waals surface area contributed by atoms with E-state index in [1.54, 1.807) is 36.7 Å². The lowest BCUT2D eigenvalue weighted by Gasteiger charge is -2.10. The quantitative estimate of drug-likeness (QED) is 0.780. The molecular weight excluding hydrogens is 327 g/mol. The zero-order valence-electron chi connectivity index (χ0n) is 13.0. The van der Waals surface area contributed by atoms with Crippen molar-refractivity contribution in [3.63, 3.8) is 0 Å². The summed E-state index contributed by atoms with van der Waals surface area (Å²) in [6.07, 6.45) is 2.81. The second-order valence-electron chi connectivity index (χ2n) is 5.50. The third-order valence-electron chi connectivity index (χ3n) is 3.83. The molecule has 3 aromatic rings. The van der Waals surface area contributed by atoms with Gasteiger partial charge in [0, 0.05) is 29.9 Å². The molecule has 1 aliphatic rings. The number of ether oxygens (including phenoxy) is 1. The van der Waals surface area contributed by atoms with E-state index in [1.165, 1.54) is 6.07 Å². The molecule has 0 radical (unpaired) electrons. The summed E-state index contributed by atoms with van der Waals surface area (Å²) in [4.78, 5) is 20.4. The number of carbonyl (C=O) groups excluding carboxylic acids is 1. The number of halogens is 1. The number of carbonyl (C=O) groups is 1. The first-order valence-corrected chi connectivity index (χ1v) is 7.65. The van der Waals surface area contributed by atoms with Gasteiger partial charge in [0.1, 0.15) is 0 Å². The molecule has 2 aromatic heterocycles. The molecule has 1 atom stereocenters. The zero-order chi connectivity index (χ0) is 17.2. The predicted octanol–water partition coefficient (Wildman–Crippen LogP) is 1.89. The highest BCUT2D eigenvalue weighted by Crippen LogP contribution is 2.31. The second-order valence-corrected chi connectivity index (χ2v) is 5.50. The van der Waals surface area contributed by atoms with Gasteiger partial charge in [0.25, 0.3) is 5.91 Å². The Balaban J connectivity index is 1.37. The largest absolute Gasteiger partial charge is 0.477 e. The van der Waals surface area contributed by atoms with Crippen molar-refractivity contribution in [2.45, 2.75) is 19.1 Å². The van der Waals surface area contributed by atoms with Crippen LogP contribution in [0.1, 0.15) is 11.5 Å². The van der Waals surface area contributed by atoms with E-state index in [2.05, 4.69) is 20.4 Å². The highest BCUT2D eigenvalue weighted by atomic mass is 19.1. The number of aromatic nitrogens is 3. The fourth-order valence-electron chi connectivity index (χ4n) is 2.60. The molecule has 0 saturated heterocycles. The topological polar surface area (TPSA) is 90.1 Å². The summed E-state index contributed by atoms with van der Waals surface area (Å²) in [6.45, 7) is 0.0651. The van der Waals surface area contributed by atoms with Crippen LogP contribution in [0.25, 0.3) is 11.4 Å². The number of fused-ring (bicyclic) bond motifs is 1. The molecule has 1 N–H and O–H groups in total. The number of hydrogen-bond acceptors (Lipinski definition) is 6. The van der Waals surface area contributed by atoms with Gasteiger partial charge in [0.15, 0.2) is 17.7 Å². The number of nitrogens with one attached hydrogen (secondary N) is 1. The monoisotopic (exact) mass is 340 g/mol. The van der Waals surface area contributed by atoms with Crippen LogP contribution >= 0.6 is 0 Å². The third kappa shape index (κ3) is 3.06. The van der Waals surface area contributed by atoms with Gasteiger partial charge in [-0.15, -0.1) is 0 Å². The van der Waals surface area contributed by atoms with Crippen molar-refractivity contribution in [2.24, 2.45) is 0 Å². The van der Waals surface area contributed by atoms with Crippen LogP contribution in [0.2, 0.25) is 0 Å². The fraction of sp³-hybridized carbons (Fsp3) is 0.176. The summed E-state index contributed by atoms with van der Waals surface area (Å²) < 4.78 is 24.2. The molecule has 0 saturated carbocycles. The molecule has 1 aromatic carbocycles. The Morgan fingerprint density at radius 1 is 1.28 bits per heavy atom. The van der Waals surface area contributed by atoms with Crippen LogP contribution in [0, 0.1) is 5.82 Å². The number of hydrogen-bond donors (Lipinski definition) is 1. The number of para-hydroxylation sites is 1. The summed E-state index contributed by atoms with van der Waals surface area (Å²) in [5.74, 6) is -0.00790. The van der Waals surface area contributed by atoms with Crippen LogP contribution in [0.15, 0.2) is 47.2 Å². The van der Waals surface area contributed by atoms with Gasteiger partial charge in [-0.1, -0.05) is 17.3 Å². The maximum Gasteiger partial charge on any atom is 0.261 e. The van der Waals surface area contributed by atoms with Gasteiger partial charge in [-0.2, -0.15) is 4.98 Å². The Morgan fingerprint density at radius 3 is 2.92 bits per heavy atom. The van der Waals surface area contributed by atoms with Gasteiger partial charge in [0.2, 0.25) is 11.7 Å². The molecule has 0 aliphatic carbocycles. The fourth-order valence-corrected chi connectivity index (χ4v) is 2.60. The van der Waals surface area contributed by atoms with E-state index in [0.717, 1.165) is 5.56 Å². The summed E-state index contributed by atoms with van der Waals surface area (Å²) in [5.41, 5.74) is 1.44. The molecule has 0 unspecified atom stereocenters. The van der Waals surface area contributed by atoms with Crippen molar-refractivity contribution >= 4 is 5.91 Å². The molecule has 1 aliphatic heterocycles. The summed E-state index contributed by atoms with van der Waals surface area (Å²) in [6, 6.07) is 8.15. The zero-order valence-corrected chi connectivity index (χ0v) is 13.0. The van der Waals surface area contributed by atoms with Crippen LogP contribution in [0.3, 0.4) is 0 Å².